The van der Waals surface area contributed by atoms with Gasteiger partial charge in [-0.25, -0.2) is 0 Å². The lowest BCUT2D eigenvalue weighted by Gasteiger charge is -2.35. The molecule has 1 aliphatic carbocycles. The summed E-state index contributed by atoms with van der Waals surface area (Å²) in [7, 11) is 1.94. The van der Waals surface area contributed by atoms with E-state index in [1.54, 1.807) is 0 Å². The molecule has 1 N–H and O–H groups in total. The summed E-state index contributed by atoms with van der Waals surface area (Å²) in [6.07, 6.45) is 6.36. The zero-order valence-electron chi connectivity index (χ0n) is 17.0. The predicted molar refractivity (Wildman–Crippen MR) is 130 cm³/mol. The number of ether oxygens (including phenoxy) is 1. The SMILES string of the molecule is CCNC(=NCC1(c2cccc(Br)c2)CC1)N1CCOC(c2cnn(C)c2)C1.I. The molecule has 1 aromatic carbocycles. The minimum Gasteiger partial charge on any atom is -0.370 e. The number of aryl methyl sites for hydroxylation is 1. The lowest BCUT2D eigenvalue weighted by molar-refractivity contribution is -0.00805. The summed E-state index contributed by atoms with van der Waals surface area (Å²) < 4.78 is 8.96. The zero-order valence-corrected chi connectivity index (χ0v) is 20.9. The topological polar surface area (TPSA) is 54.7 Å². The van der Waals surface area contributed by atoms with Crippen LogP contribution in [0.5, 0.6) is 0 Å². The Bertz CT molecular complexity index is 851. The first kappa shape index (κ1) is 22.6. The zero-order chi connectivity index (χ0) is 19.6. The minimum absolute atomic E-state index is 0. The number of morpholine rings is 1. The number of halogens is 2. The van der Waals surface area contributed by atoms with Crippen molar-refractivity contribution in [1.82, 2.24) is 20.0 Å². The standard InChI is InChI=1S/C21H28BrN5O.HI/c1-3-23-20(24-15-21(7-8-21)17-5-4-6-18(22)11-17)27-9-10-28-19(14-27)16-12-25-26(2)13-16;/h4-6,11-13,19H,3,7-10,14-15H2,1-2H3,(H,23,24);1H. The van der Waals surface area contributed by atoms with Crippen molar-refractivity contribution < 1.29 is 4.74 Å². The van der Waals surface area contributed by atoms with E-state index < -0.39 is 0 Å². The number of nitrogens with one attached hydrogen (secondary N) is 1. The third kappa shape index (κ3) is 5.32. The van der Waals surface area contributed by atoms with E-state index in [1.165, 1.54) is 18.4 Å². The van der Waals surface area contributed by atoms with Crippen LogP contribution in [-0.4, -0.2) is 53.4 Å². The number of hydrogen-bond donors (Lipinski definition) is 1. The Balaban J connectivity index is 0.00000240. The molecule has 1 saturated carbocycles. The van der Waals surface area contributed by atoms with Gasteiger partial charge < -0.3 is 15.0 Å². The van der Waals surface area contributed by atoms with E-state index in [2.05, 4.69) is 62.4 Å². The Morgan fingerprint density at radius 1 is 1.41 bits per heavy atom. The van der Waals surface area contributed by atoms with Crippen molar-refractivity contribution in [3.63, 3.8) is 0 Å². The number of aromatic nitrogens is 2. The Hall–Kier alpha value is -1.13. The predicted octanol–water partition coefficient (Wildman–Crippen LogP) is 3.87. The van der Waals surface area contributed by atoms with Gasteiger partial charge in [0.25, 0.3) is 0 Å². The molecule has 0 amide bonds. The first-order valence-corrected chi connectivity index (χ1v) is 10.8. The van der Waals surface area contributed by atoms with Gasteiger partial charge in [0.1, 0.15) is 6.10 Å². The largest absolute Gasteiger partial charge is 0.370 e. The molecule has 158 valence electrons. The molecule has 1 aliphatic heterocycles. The molecule has 0 bridgehead atoms. The van der Waals surface area contributed by atoms with E-state index in [9.17, 15) is 0 Å². The van der Waals surface area contributed by atoms with Gasteiger partial charge >= 0.3 is 0 Å². The minimum atomic E-state index is 0. The van der Waals surface area contributed by atoms with Gasteiger partial charge in [0.2, 0.25) is 0 Å². The number of hydrogen-bond acceptors (Lipinski definition) is 3. The van der Waals surface area contributed by atoms with Gasteiger partial charge in [-0.1, -0.05) is 28.1 Å². The summed E-state index contributed by atoms with van der Waals surface area (Å²) in [5.74, 6) is 0.987. The van der Waals surface area contributed by atoms with Crippen LogP contribution in [-0.2, 0) is 17.2 Å². The molecule has 1 saturated heterocycles. The molecule has 1 atom stereocenters. The highest BCUT2D eigenvalue weighted by Gasteiger charge is 2.44. The molecule has 0 spiro atoms. The summed E-state index contributed by atoms with van der Waals surface area (Å²) in [5, 5.41) is 7.77. The summed E-state index contributed by atoms with van der Waals surface area (Å²) in [6.45, 7) is 6.14. The van der Waals surface area contributed by atoms with Crippen molar-refractivity contribution in [2.45, 2.75) is 31.3 Å². The monoisotopic (exact) mass is 573 g/mol. The van der Waals surface area contributed by atoms with Crippen LogP contribution >= 0.6 is 39.9 Å². The second kappa shape index (κ2) is 9.78. The number of rotatable bonds is 5. The van der Waals surface area contributed by atoms with Crippen LogP contribution in [0.25, 0.3) is 0 Å². The molecular formula is C21H29BrIN5O. The second-order valence-corrected chi connectivity index (χ2v) is 8.63. The third-order valence-corrected chi connectivity index (χ3v) is 6.11. The van der Waals surface area contributed by atoms with Gasteiger partial charge in [0.05, 0.1) is 25.9 Å². The maximum atomic E-state index is 5.99. The van der Waals surface area contributed by atoms with Crippen molar-refractivity contribution in [2.24, 2.45) is 12.0 Å². The van der Waals surface area contributed by atoms with Crippen molar-refractivity contribution in [2.75, 3.05) is 32.8 Å². The maximum absolute atomic E-state index is 5.99. The van der Waals surface area contributed by atoms with Crippen LogP contribution in [0.3, 0.4) is 0 Å². The van der Waals surface area contributed by atoms with E-state index >= 15 is 0 Å². The van der Waals surface area contributed by atoms with Crippen LogP contribution in [0.15, 0.2) is 46.1 Å². The van der Waals surface area contributed by atoms with E-state index in [-0.39, 0.29) is 35.5 Å². The summed E-state index contributed by atoms with van der Waals surface area (Å²) >= 11 is 3.60. The fourth-order valence-corrected chi connectivity index (χ4v) is 4.21. The second-order valence-electron chi connectivity index (χ2n) is 7.71. The van der Waals surface area contributed by atoms with Crippen molar-refractivity contribution in [3.05, 3.63) is 52.3 Å². The average Bonchev–Trinajstić information content (AvgIpc) is 3.38. The Kier molecular flexibility index (Phi) is 7.61. The first-order valence-electron chi connectivity index (χ1n) is 9.99. The molecule has 2 fully saturated rings. The third-order valence-electron chi connectivity index (χ3n) is 5.62. The molecule has 1 unspecified atom stereocenters. The van der Waals surface area contributed by atoms with Gasteiger partial charge in [-0.3, -0.25) is 9.67 Å². The van der Waals surface area contributed by atoms with Gasteiger partial charge in [-0.2, -0.15) is 5.10 Å². The highest BCUT2D eigenvalue weighted by molar-refractivity contribution is 14.0. The highest BCUT2D eigenvalue weighted by Crippen LogP contribution is 2.48. The number of benzene rings is 1. The normalized spacial score (nSPS) is 20.9. The Morgan fingerprint density at radius 3 is 2.90 bits per heavy atom. The Morgan fingerprint density at radius 2 is 2.24 bits per heavy atom. The first-order chi connectivity index (χ1) is 13.6. The number of nitrogens with zero attached hydrogens (tertiary/aromatic N) is 4. The maximum Gasteiger partial charge on any atom is 0.194 e. The van der Waals surface area contributed by atoms with Gasteiger partial charge in [0.15, 0.2) is 5.96 Å². The quantitative estimate of drug-likeness (QED) is 0.335. The fourth-order valence-electron chi connectivity index (χ4n) is 3.81. The molecule has 1 aromatic heterocycles. The summed E-state index contributed by atoms with van der Waals surface area (Å²) in [5.41, 5.74) is 2.70. The van der Waals surface area contributed by atoms with Crippen LogP contribution in [0.2, 0.25) is 0 Å². The molecule has 4 rings (SSSR count). The van der Waals surface area contributed by atoms with E-state index in [0.29, 0.717) is 6.61 Å². The summed E-state index contributed by atoms with van der Waals surface area (Å²) in [4.78, 5) is 7.37. The molecule has 2 aromatic rings. The van der Waals surface area contributed by atoms with Crippen LogP contribution in [0, 0.1) is 0 Å². The molecule has 8 heteroatoms. The number of guanidine groups is 1. The van der Waals surface area contributed by atoms with E-state index in [1.807, 2.05) is 24.1 Å². The van der Waals surface area contributed by atoms with Crippen LogP contribution in [0.1, 0.15) is 37.0 Å². The molecule has 29 heavy (non-hydrogen) atoms. The number of aliphatic imine (C=N–C) groups is 1. The highest BCUT2D eigenvalue weighted by atomic mass is 127. The van der Waals surface area contributed by atoms with Crippen molar-refractivity contribution in [1.29, 1.82) is 0 Å². The Labute approximate surface area is 198 Å². The average molecular weight is 574 g/mol. The van der Waals surface area contributed by atoms with Crippen molar-refractivity contribution >= 4 is 45.9 Å². The fraction of sp³-hybridized carbons (Fsp3) is 0.524. The van der Waals surface area contributed by atoms with Gasteiger partial charge in [0, 0.05) is 41.8 Å². The van der Waals surface area contributed by atoms with Gasteiger partial charge in [-0.15, -0.1) is 24.0 Å². The van der Waals surface area contributed by atoms with E-state index in [0.717, 1.165) is 42.2 Å². The smallest absolute Gasteiger partial charge is 0.194 e. The molecule has 6 nitrogen and oxygen atoms in total. The van der Waals surface area contributed by atoms with Crippen molar-refractivity contribution in [3.8, 4) is 0 Å². The molecule has 0 radical (unpaired) electrons. The molecule has 2 heterocycles. The van der Waals surface area contributed by atoms with Crippen LogP contribution in [0.4, 0.5) is 0 Å². The van der Waals surface area contributed by atoms with E-state index in [4.69, 9.17) is 9.73 Å². The van der Waals surface area contributed by atoms with Crippen LogP contribution < -0.4 is 5.32 Å². The summed E-state index contributed by atoms with van der Waals surface area (Å²) in [6, 6.07) is 8.67. The van der Waals surface area contributed by atoms with Gasteiger partial charge in [-0.05, 0) is 37.5 Å². The molecule has 2 aliphatic rings. The lowest BCUT2D eigenvalue weighted by Crippen LogP contribution is -2.48. The molecular weight excluding hydrogens is 545 g/mol. The lowest BCUT2D eigenvalue weighted by atomic mass is 9.96.